The Morgan fingerprint density at radius 2 is 1.72 bits per heavy atom. The largest absolute Gasteiger partial charge is 0.489 e. The average Bonchev–Trinajstić information content (AvgIpc) is 2.62. The van der Waals surface area contributed by atoms with Crippen LogP contribution in [0.3, 0.4) is 0 Å². The molecule has 0 amide bonds. The molecule has 0 saturated carbocycles. The van der Waals surface area contributed by atoms with Crippen LogP contribution >= 0.6 is 23.2 Å². The fraction of sp³-hybridized carbons (Fsp3) is 0.100. The van der Waals surface area contributed by atoms with Gasteiger partial charge in [0.2, 0.25) is 0 Å². The topological polar surface area (TPSA) is 21.3 Å². The molecule has 0 bridgehead atoms. The van der Waals surface area contributed by atoms with Gasteiger partial charge in [-0.05, 0) is 42.0 Å². The number of benzene rings is 3. The Kier molecular flexibility index (Phi) is 5.79. The summed E-state index contributed by atoms with van der Waals surface area (Å²) in [5, 5.41) is 4.31. The zero-order valence-electron chi connectivity index (χ0n) is 13.3. The molecule has 128 valence electrons. The highest BCUT2D eigenvalue weighted by atomic mass is 35.5. The molecular formula is C20H16Cl2FNO. The summed E-state index contributed by atoms with van der Waals surface area (Å²) in [6.45, 7) is 0.797. The highest BCUT2D eigenvalue weighted by Gasteiger charge is 2.03. The second kappa shape index (κ2) is 8.24. The van der Waals surface area contributed by atoms with Crippen molar-refractivity contribution in [2.45, 2.75) is 13.2 Å². The van der Waals surface area contributed by atoms with Gasteiger partial charge in [-0.25, -0.2) is 4.39 Å². The summed E-state index contributed by atoms with van der Waals surface area (Å²) in [5.41, 5.74) is 2.45. The first-order valence-corrected chi connectivity index (χ1v) is 8.51. The summed E-state index contributed by atoms with van der Waals surface area (Å²) in [4.78, 5) is 0. The van der Waals surface area contributed by atoms with Crippen molar-refractivity contribution in [3.05, 3.63) is 93.7 Å². The van der Waals surface area contributed by atoms with Gasteiger partial charge in [0.05, 0.1) is 10.0 Å². The van der Waals surface area contributed by atoms with Gasteiger partial charge in [-0.2, -0.15) is 0 Å². The lowest BCUT2D eigenvalue weighted by Gasteiger charge is -2.10. The number of nitrogens with one attached hydrogen (secondary N) is 1. The van der Waals surface area contributed by atoms with Crippen molar-refractivity contribution in [1.29, 1.82) is 0 Å². The molecule has 0 unspecified atom stereocenters. The number of anilines is 1. The molecule has 0 aliphatic heterocycles. The van der Waals surface area contributed by atoms with Crippen molar-refractivity contribution >= 4 is 28.9 Å². The van der Waals surface area contributed by atoms with Crippen LogP contribution in [0.5, 0.6) is 5.75 Å². The van der Waals surface area contributed by atoms with Crippen molar-refractivity contribution in [2.75, 3.05) is 5.32 Å². The second-order valence-electron chi connectivity index (χ2n) is 5.51. The summed E-state index contributed by atoms with van der Waals surface area (Å²) in [6.07, 6.45) is 0. The fourth-order valence-electron chi connectivity index (χ4n) is 2.33. The van der Waals surface area contributed by atoms with Gasteiger partial charge in [-0.1, -0.05) is 53.5 Å². The summed E-state index contributed by atoms with van der Waals surface area (Å²) < 4.78 is 19.3. The van der Waals surface area contributed by atoms with E-state index in [0.717, 1.165) is 11.3 Å². The van der Waals surface area contributed by atoms with Crippen molar-refractivity contribution < 1.29 is 9.13 Å². The van der Waals surface area contributed by atoms with Crippen LogP contribution in [0.1, 0.15) is 11.1 Å². The minimum Gasteiger partial charge on any atom is -0.489 e. The van der Waals surface area contributed by atoms with Crippen LogP contribution < -0.4 is 10.1 Å². The van der Waals surface area contributed by atoms with E-state index < -0.39 is 0 Å². The molecule has 0 radical (unpaired) electrons. The molecule has 0 spiro atoms. The molecular weight excluding hydrogens is 360 g/mol. The monoisotopic (exact) mass is 375 g/mol. The van der Waals surface area contributed by atoms with E-state index in [9.17, 15) is 4.39 Å². The van der Waals surface area contributed by atoms with E-state index in [2.05, 4.69) is 5.32 Å². The van der Waals surface area contributed by atoms with E-state index in [0.29, 0.717) is 27.9 Å². The van der Waals surface area contributed by atoms with Crippen LogP contribution in [-0.4, -0.2) is 0 Å². The Labute approximate surface area is 156 Å². The number of halogens is 3. The van der Waals surface area contributed by atoms with Crippen molar-refractivity contribution in [3.63, 3.8) is 0 Å². The van der Waals surface area contributed by atoms with Crippen LogP contribution in [0.4, 0.5) is 10.1 Å². The van der Waals surface area contributed by atoms with Crippen molar-refractivity contribution in [1.82, 2.24) is 0 Å². The molecule has 2 nitrogen and oxygen atoms in total. The maximum Gasteiger partial charge on any atom is 0.129 e. The lowest BCUT2D eigenvalue weighted by molar-refractivity contribution is 0.299. The minimum absolute atomic E-state index is 0.191. The number of hydrogen-bond donors (Lipinski definition) is 1. The van der Waals surface area contributed by atoms with E-state index >= 15 is 0 Å². The normalized spacial score (nSPS) is 10.5. The predicted molar refractivity (Wildman–Crippen MR) is 101 cm³/mol. The van der Waals surface area contributed by atoms with Gasteiger partial charge in [0.15, 0.2) is 0 Å². The molecule has 3 rings (SSSR count). The number of hydrogen-bond acceptors (Lipinski definition) is 2. The van der Waals surface area contributed by atoms with Crippen molar-refractivity contribution in [2.24, 2.45) is 0 Å². The third-order valence-corrected chi connectivity index (χ3v) is 4.41. The van der Waals surface area contributed by atoms with Crippen LogP contribution in [0, 0.1) is 5.82 Å². The molecule has 5 heteroatoms. The number of rotatable bonds is 6. The lowest BCUT2D eigenvalue weighted by atomic mass is 10.2. The Morgan fingerprint density at radius 3 is 2.52 bits per heavy atom. The smallest absolute Gasteiger partial charge is 0.129 e. The maximum atomic E-state index is 13.6. The zero-order chi connectivity index (χ0) is 17.6. The molecule has 0 aromatic heterocycles. The third kappa shape index (κ3) is 4.88. The van der Waals surface area contributed by atoms with Crippen molar-refractivity contribution in [3.8, 4) is 5.75 Å². The zero-order valence-corrected chi connectivity index (χ0v) is 14.8. The predicted octanol–water partition coefficient (Wildman–Crippen LogP) is 6.32. The molecule has 0 heterocycles. The van der Waals surface area contributed by atoms with Gasteiger partial charge in [0.25, 0.3) is 0 Å². The van der Waals surface area contributed by atoms with Gasteiger partial charge in [0.1, 0.15) is 18.2 Å². The summed E-state index contributed by atoms with van der Waals surface area (Å²) >= 11 is 11.9. The van der Waals surface area contributed by atoms with Crippen LogP contribution in [0.25, 0.3) is 0 Å². The molecule has 0 aliphatic carbocycles. The van der Waals surface area contributed by atoms with Gasteiger partial charge < -0.3 is 10.1 Å². The maximum absolute atomic E-state index is 13.6. The first-order valence-electron chi connectivity index (χ1n) is 7.76. The van der Waals surface area contributed by atoms with Gasteiger partial charge in [-0.3, -0.25) is 0 Å². The van der Waals surface area contributed by atoms with E-state index in [4.69, 9.17) is 27.9 Å². The summed E-state index contributed by atoms with van der Waals surface area (Å²) in [5.74, 6) is 0.427. The SMILES string of the molecule is Fc1ccccc1COc1cccc(CNc2ccc(Cl)c(Cl)c2)c1. The Bertz CT molecular complexity index is 870. The summed E-state index contributed by atoms with van der Waals surface area (Å²) in [6, 6.07) is 19.7. The minimum atomic E-state index is -0.264. The lowest BCUT2D eigenvalue weighted by Crippen LogP contribution is -2.01. The highest BCUT2D eigenvalue weighted by molar-refractivity contribution is 6.42. The molecule has 3 aromatic rings. The first-order chi connectivity index (χ1) is 12.1. The Balaban J connectivity index is 1.61. The first kappa shape index (κ1) is 17.6. The van der Waals surface area contributed by atoms with Gasteiger partial charge >= 0.3 is 0 Å². The standard InChI is InChI=1S/C20H16Cl2FNO/c21-18-9-8-16(11-19(18)22)24-12-14-4-3-6-17(10-14)25-13-15-5-1-2-7-20(15)23/h1-11,24H,12-13H2. The van der Waals surface area contributed by atoms with Gasteiger partial charge in [0, 0.05) is 17.8 Å². The van der Waals surface area contributed by atoms with E-state index in [-0.39, 0.29) is 12.4 Å². The fourth-order valence-corrected chi connectivity index (χ4v) is 2.63. The molecule has 0 fully saturated rings. The second-order valence-corrected chi connectivity index (χ2v) is 6.32. The molecule has 1 N–H and O–H groups in total. The molecule has 25 heavy (non-hydrogen) atoms. The Morgan fingerprint density at radius 1 is 0.880 bits per heavy atom. The molecule has 0 aliphatic rings. The molecule has 3 aromatic carbocycles. The third-order valence-electron chi connectivity index (χ3n) is 3.67. The highest BCUT2D eigenvalue weighted by Crippen LogP contribution is 2.25. The quantitative estimate of drug-likeness (QED) is 0.543. The van der Waals surface area contributed by atoms with Crippen LogP contribution in [0.2, 0.25) is 10.0 Å². The number of ether oxygens (including phenoxy) is 1. The van der Waals surface area contributed by atoms with E-state index in [1.54, 1.807) is 30.3 Å². The average molecular weight is 376 g/mol. The summed E-state index contributed by atoms with van der Waals surface area (Å²) in [7, 11) is 0. The molecule has 0 atom stereocenters. The Hall–Kier alpha value is -2.23. The van der Waals surface area contributed by atoms with E-state index in [1.807, 2.05) is 30.3 Å². The molecule has 0 saturated heterocycles. The van der Waals surface area contributed by atoms with Gasteiger partial charge in [-0.15, -0.1) is 0 Å². The van der Waals surface area contributed by atoms with Crippen LogP contribution in [-0.2, 0) is 13.2 Å². The van der Waals surface area contributed by atoms with Crippen LogP contribution in [0.15, 0.2) is 66.7 Å². The van der Waals surface area contributed by atoms with E-state index in [1.165, 1.54) is 6.07 Å².